The Kier molecular flexibility index (Phi) is 4.91. The Morgan fingerprint density at radius 3 is 2.50 bits per heavy atom. The zero-order valence-electron chi connectivity index (χ0n) is 19.0. The van der Waals surface area contributed by atoms with Gasteiger partial charge in [-0.1, -0.05) is 78.5 Å². The predicted octanol–water partition coefficient (Wildman–Crippen LogP) is 4.48. The lowest BCUT2D eigenvalue weighted by Crippen LogP contribution is -2.37. The van der Waals surface area contributed by atoms with Crippen molar-refractivity contribution in [3.05, 3.63) is 71.4 Å². The van der Waals surface area contributed by atoms with Crippen molar-refractivity contribution in [1.82, 2.24) is 19.9 Å². The fourth-order valence-corrected chi connectivity index (χ4v) is 5.04. The minimum absolute atomic E-state index is 0.414. The van der Waals surface area contributed by atoms with Gasteiger partial charge in [0.05, 0.1) is 20.2 Å². The van der Waals surface area contributed by atoms with Crippen LogP contribution in [0.5, 0.6) is 0 Å². The van der Waals surface area contributed by atoms with E-state index >= 15 is 0 Å². The molecular formula is C25H28N4O2Si. The Balaban J connectivity index is 1.36. The monoisotopic (exact) mass is 444 g/mol. The average molecular weight is 445 g/mol. The van der Waals surface area contributed by atoms with Crippen molar-refractivity contribution in [2.75, 3.05) is 0 Å². The average Bonchev–Trinajstić information content (AvgIpc) is 3.17. The van der Waals surface area contributed by atoms with Gasteiger partial charge in [-0.25, -0.2) is 0 Å². The number of aromatic nitrogens is 4. The summed E-state index contributed by atoms with van der Waals surface area (Å²) >= 11 is 0. The molecule has 0 amide bonds. The topological polar surface area (TPSA) is 77.0 Å². The van der Waals surface area contributed by atoms with Gasteiger partial charge in [0.25, 0.3) is 5.89 Å². The maximum absolute atomic E-state index is 10.4. The van der Waals surface area contributed by atoms with Gasteiger partial charge >= 0.3 is 0 Å². The van der Waals surface area contributed by atoms with Gasteiger partial charge in [-0.2, -0.15) is 10.1 Å². The summed E-state index contributed by atoms with van der Waals surface area (Å²) in [6.45, 7) is 9.63. The Labute approximate surface area is 188 Å². The van der Waals surface area contributed by atoms with Crippen LogP contribution in [0.1, 0.15) is 29.7 Å². The Bertz CT molecular complexity index is 1260. The minimum atomic E-state index is -1.34. The molecule has 5 rings (SSSR count). The summed E-state index contributed by atoms with van der Waals surface area (Å²) in [5.74, 6) is 0.983. The Morgan fingerprint density at radius 2 is 1.81 bits per heavy atom. The van der Waals surface area contributed by atoms with Crippen molar-refractivity contribution in [1.29, 1.82) is 0 Å². The molecule has 0 spiro atoms. The van der Waals surface area contributed by atoms with Gasteiger partial charge in [0, 0.05) is 11.3 Å². The molecular weight excluding hydrogens is 416 g/mol. The number of hydrogen-bond acceptors (Lipinski definition) is 5. The highest BCUT2D eigenvalue weighted by Crippen LogP contribution is 2.45. The van der Waals surface area contributed by atoms with Crippen molar-refractivity contribution in [3.63, 3.8) is 0 Å². The van der Waals surface area contributed by atoms with E-state index in [0.717, 1.165) is 35.2 Å². The van der Waals surface area contributed by atoms with Gasteiger partial charge in [-0.05, 0) is 37.0 Å². The van der Waals surface area contributed by atoms with Crippen LogP contribution in [0.25, 0.3) is 23.0 Å². The Hall–Kier alpha value is -3.03. The maximum Gasteiger partial charge on any atom is 0.278 e. The third-order valence-corrected chi connectivity index (χ3v) is 8.22. The van der Waals surface area contributed by atoms with Crippen LogP contribution in [0.15, 0.2) is 59.1 Å². The second-order valence-electron chi connectivity index (χ2n) is 9.81. The minimum Gasteiger partial charge on any atom is -0.385 e. The molecule has 1 N–H and O–H groups in total. The summed E-state index contributed by atoms with van der Waals surface area (Å²) in [6, 6.07) is 18.6. The summed E-state index contributed by atoms with van der Waals surface area (Å²) < 4.78 is 7.46. The van der Waals surface area contributed by atoms with E-state index in [1.54, 1.807) is 0 Å². The highest BCUT2D eigenvalue weighted by molar-refractivity contribution is 6.88. The summed E-state index contributed by atoms with van der Waals surface area (Å²) in [4.78, 5) is 4.58. The largest absolute Gasteiger partial charge is 0.385 e. The number of hydrogen-bond donors (Lipinski definition) is 1. The molecule has 6 nitrogen and oxygen atoms in total. The first-order valence-electron chi connectivity index (χ1n) is 11.0. The van der Waals surface area contributed by atoms with Gasteiger partial charge in [0.15, 0.2) is 5.69 Å². The van der Waals surface area contributed by atoms with Crippen LogP contribution in [0.2, 0.25) is 19.6 Å². The molecule has 1 saturated carbocycles. The second-order valence-corrected chi connectivity index (χ2v) is 14.9. The number of rotatable bonds is 6. The first kappa shape index (κ1) is 20.8. The first-order chi connectivity index (χ1) is 15.2. The number of benzene rings is 2. The summed E-state index contributed by atoms with van der Waals surface area (Å²) in [7, 11) is -1.34. The molecule has 0 aliphatic heterocycles. The van der Waals surface area contributed by atoms with E-state index in [1.165, 1.54) is 5.19 Å². The zero-order chi connectivity index (χ0) is 22.5. The van der Waals surface area contributed by atoms with Crippen LogP contribution in [0, 0.1) is 6.92 Å². The summed E-state index contributed by atoms with van der Waals surface area (Å²) in [5, 5.41) is 20.7. The number of aliphatic hydroxyl groups is 1. The molecule has 0 saturated heterocycles. The standard InChI is InChI=1S/C25H28N4O2Si/c1-17-14-22(27-29(17)16-18-6-5-7-20(15-18)25(30)12-13-25)24-26-23(28-31-24)19-8-10-21(11-9-19)32(2,3)4/h5-11,14-15,30H,12-13,16H2,1-4H3. The molecule has 0 unspecified atom stereocenters. The van der Waals surface area contributed by atoms with Crippen LogP contribution in [-0.4, -0.2) is 33.1 Å². The van der Waals surface area contributed by atoms with Crippen LogP contribution < -0.4 is 5.19 Å². The van der Waals surface area contributed by atoms with Crippen molar-refractivity contribution >= 4 is 13.3 Å². The van der Waals surface area contributed by atoms with Crippen molar-refractivity contribution in [2.45, 2.75) is 51.6 Å². The lowest BCUT2D eigenvalue weighted by molar-refractivity contribution is 0.151. The lowest BCUT2D eigenvalue weighted by Gasteiger charge is -2.16. The van der Waals surface area contributed by atoms with Crippen molar-refractivity contribution in [2.24, 2.45) is 0 Å². The third kappa shape index (κ3) is 4.05. The molecule has 2 heterocycles. The maximum atomic E-state index is 10.4. The van der Waals surface area contributed by atoms with Crippen molar-refractivity contribution < 1.29 is 9.63 Å². The van der Waals surface area contributed by atoms with Gasteiger partial charge in [-0.15, -0.1) is 0 Å². The van der Waals surface area contributed by atoms with E-state index in [1.807, 2.05) is 29.8 Å². The van der Waals surface area contributed by atoms with Gasteiger partial charge < -0.3 is 9.63 Å². The van der Waals surface area contributed by atoms with E-state index in [9.17, 15) is 5.11 Å². The number of nitrogens with zero attached hydrogens (tertiary/aromatic N) is 4. The quantitative estimate of drug-likeness (QED) is 0.444. The number of aryl methyl sites for hydroxylation is 1. The van der Waals surface area contributed by atoms with E-state index in [0.29, 0.717) is 24.0 Å². The third-order valence-electron chi connectivity index (χ3n) is 6.16. The molecule has 1 fully saturated rings. The molecule has 0 atom stereocenters. The fourth-order valence-electron chi connectivity index (χ4n) is 3.88. The highest BCUT2D eigenvalue weighted by Gasteiger charge is 2.42. The van der Waals surface area contributed by atoms with Gasteiger partial charge in [0.2, 0.25) is 5.82 Å². The van der Waals surface area contributed by atoms with Crippen LogP contribution in [0.3, 0.4) is 0 Å². The molecule has 4 aromatic rings. The molecule has 7 heteroatoms. The molecule has 1 aliphatic rings. The molecule has 164 valence electrons. The first-order valence-corrected chi connectivity index (χ1v) is 14.5. The van der Waals surface area contributed by atoms with E-state index in [4.69, 9.17) is 9.62 Å². The van der Waals surface area contributed by atoms with Crippen LogP contribution in [-0.2, 0) is 12.1 Å². The van der Waals surface area contributed by atoms with E-state index < -0.39 is 13.7 Å². The van der Waals surface area contributed by atoms with Crippen LogP contribution >= 0.6 is 0 Å². The second kappa shape index (κ2) is 7.53. The molecule has 32 heavy (non-hydrogen) atoms. The smallest absolute Gasteiger partial charge is 0.278 e. The Morgan fingerprint density at radius 1 is 1.06 bits per heavy atom. The van der Waals surface area contributed by atoms with Gasteiger partial charge in [0.1, 0.15) is 0 Å². The fraction of sp³-hybridized carbons (Fsp3) is 0.320. The van der Waals surface area contributed by atoms with Crippen molar-refractivity contribution in [3.8, 4) is 23.0 Å². The van der Waals surface area contributed by atoms with E-state index in [-0.39, 0.29) is 0 Å². The summed E-state index contributed by atoms with van der Waals surface area (Å²) in [6.07, 6.45) is 1.67. The molecule has 2 aromatic heterocycles. The van der Waals surface area contributed by atoms with Gasteiger partial charge in [-0.3, -0.25) is 4.68 Å². The molecule has 2 aromatic carbocycles. The zero-order valence-corrected chi connectivity index (χ0v) is 20.0. The molecule has 1 aliphatic carbocycles. The lowest BCUT2D eigenvalue weighted by atomic mass is 10.0. The highest BCUT2D eigenvalue weighted by atomic mass is 28.3. The summed E-state index contributed by atoms with van der Waals surface area (Å²) in [5.41, 5.74) is 4.07. The predicted molar refractivity (Wildman–Crippen MR) is 127 cm³/mol. The van der Waals surface area contributed by atoms with Crippen LogP contribution in [0.4, 0.5) is 0 Å². The molecule has 0 radical (unpaired) electrons. The van der Waals surface area contributed by atoms with E-state index in [2.05, 4.69) is 66.2 Å². The molecule has 0 bridgehead atoms. The SMILES string of the molecule is Cc1cc(-c2nc(-c3ccc([Si](C)(C)C)cc3)no2)nn1Cc1cccc(C2(O)CC2)c1. The normalized spacial score (nSPS) is 15.2.